The molecule has 360 valence electrons. The number of anilines is 1. The van der Waals surface area contributed by atoms with Crippen molar-refractivity contribution in [2.24, 2.45) is 10.4 Å². The Morgan fingerprint density at radius 2 is 1.62 bits per heavy atom. The molecule has 10 N–H and O–H groups in total. The van der Waals surface area contributed by atoms with Gasteiger partial charge in [0.15, 0.2) is 16.7 Å². The number of esters is 1. The van der Waals surface area contributed by atoms with Crippen molar-refractivity contribution < 1.29 is 61.9 Å². The molecule has 0 saturated carbocycles. The number of nitrogens with one attached hydrogen (secondary N) is 7. The number of thiocarbonyl (C=S) groups is 1. The highest BCUT2D eigenvalue weighted by Gasteiger charge is 2.53. The molecule has 0 bridgehead atoms. The number of guanidine groups is 1. The summed E-state index contributed by atoms with van der Waals surface area (Å²) in [5, 5.41) is 47.3. The molecule has 4 aromatic rings. The minimum Gasteiger partial charge on any atom is -0.508 e. The van der Waals surface area contributed by atoms with Crippen molar-refractivity contribution in [3.8, 4) is 28.7 Å². The lowest BCUT2D eigenvalue weighted by molar-refractivity contribution is -0.138. The SMILES string of the molecule is CC(C)(CNC(=S)Nc1ccc2c(c1)C(=O)OC21c2ccc(O)cc2Oc2cc(O)ccc21)COC(=O)NCCS(=O)(=O)N[C@H](CNC(=O)c1ccc(OCCNC2=NCCCN2)cc1)C(=O)O. The third-order valence-corrected chi connectivity index (χ3v) is 12.4. The van der Waals surface area contributed by atoms with Crippen molar-refractivity contribution in [3.63, 3.8) is 0 Å². The minimum atomic E-state index is -4.25. The first-order valence-electron chi connectivity index (χ1n) is 21.4. The van der Waals surface area contributed by atoms with E-state index in [1.54, 1.807) is 56.3 Å². The van der Waals surface area contributed by atoms with Gasteiger partial charge in [0.1, 0.15) is 41.4 Å². The van der Waals surface area contributed by atoms with Crippen molar-refractivity contribution in [2.75, 3.05) is 63.6 Å². The lowest BCUT2D eigenvalue weighted by atomic mass is 9.77. The average molecular weight is 975 g/mol. The highest BCUT2D eigenvalue weighted by molar-refractivity contribution is 7.89. The van der Waals surface area contributed by atoms with Gasteiger partial charge in [0.05, 0.1) is 24.5 Å². The van der Waals surface area contributed by atoms with E-state index < -0.39 is 69.9 Å². The van der Waals surface area contributed by atoms with Crippen LogP contribution in [0.15, 0.2) is 83.9 Å². The van der Waals surface area contributed by atoms with Gasteiger partial charge in [0, 0.05) is 78.2 Å². The van der Waals surface area contributed by atoms with Crippen molar-refractivity contribution in [1.82, 2.24) is 31.3 Å². The smallest absolute Gasteiger partial charge is 0.407 e. The molecule has 2 amide bonds. The zero-order valence-corrected chi connectivity index (χ0v) is 38.5. The molecule has 4 aromatic carbocycles. The Labute approximate surface area is 396 Å². The minimum absolute atomic E-state index is 0.0617. The lowest BCUT2D eigenvalue weighted by Crippen LogP contribution is -2.49. The van der Waals surface area contributed by atoms with Gasteiger partial charge in [0.2, 0.25) is 10.0 Å². The van der Waals surface area contributed by atoms with E-state index in [0.717, 1.165) is 25.5 Å². The number of ether oxygens (including phenoxy) is 4. The quantitative estimate of drug-likeness (QED) is 0.0390. The maximum atomic E-state index is 13.5. The summed E-state index contributed by atoms with van der Waals surface area (Å²) >= 11 is 5.52. The van der Waals surface area contributed by atoms with E-state index in [1.807, 2.05) is 4.72 Å². The number of aromatic hydroxyl groups is 2. The number of amides is 2. The van der Waals surface area contributed by atoms with Crippen LogP contribution in [0, 0.1) is 5.41 Å². The summed E-state index contributed by atoms with van der Waals surface area (Å²) in [6.45, 7) is 5.17. The number of hydrogen-bond donors (Lipinski definition) is 10. The molecule has 0 fully saturated rings. The van der Waals surface area contributed by atoms with Crippen LogP contribution in [0.3, 0.4) is 0 Å². The molecule has 23 heteroatoms. The van der Waals surface area contributed by atoms with E-state index in [9.17, 15) is 42.9 Å². The fraction of sp³-hybridized carbons (Fsp3) is 0.333. The summed E-state index contributed by atoms with van der Waals surface area (Å²) in [5.74, 6) is -1.85. The van der Waals surface area contributed by atoms with Crippen LogP contribution in [-0.2, 0) is 29.9 Å². The van der Waals surface area contributed by atoms with Crippen LogP contribution >= 0.6 is 12.2 Å². The van der Waals surface area contributed by atoms with Gasteiger partial charge in [-0.15, -0.1) is 0 Å². The molecule has 3 aliphatic rings. The molecule has 1 spiro atoms. The largest absolute Gasteiger partial charge is 0.508 e. The first-order chi connectivity index (χ1) is 32.4. The van der Waals surface area contributed by atoms with Gasteiger partial charge in [-0.1, -0.05) is 19.9 Å². The van der Waals surface area contributed by atoms with E-state index in [1.165, 1.54) is 36.4 Å². The van der Waals surface area contributed by atoms with Crippen molar-refractivity contribution in [2.45, 2.75) is 31.9 Å². The highest BCUT2D eigenvalue weighted by Crippen LogP contribution is 2.57. The topological polar surface area (TPSA) is 297 Å². The molecule has 0 aliphatic carbocycles. The molecular formula is C45H50N8O13S2. The van der Waals surface area contributed by atoms with Gasteiger partial charge < -0.3 is 66.2 Å². The molecule has 7 rings (SSSR count). The molecule has 3 aliphatic heterocycles. The van der Waals surface area contributed by atoms with Crippen LogP contribution < -0.4 is 46.1 Å². The molecule has 0 radical (unpaired) electrons. The Kier molecular flexibility index (Phi) is 14.7. The first-order valence-corrected chi connectivity index (χ1v) is 23.4. The van der Waals surface area contributed by atoms with Gasteiger partial charge in [-0.3, -0.25) is 14.6 Å². The Bertz CT molecular complexity index is 2680. The fourth-order valence-corrected chi connectivity index (χ4v) is 8.67. The molecule has 0 aromatic heterocycles. The number of rotatable bonds is 18. The van der Waals surface area contributed by atoms with Gasteiger partial charge in [-0.2, -0.15) is 4.72 Å². The summed E-state index contributed by atoms with van der Waals surface area (Å²) in [4.78, 5) is 54.9. The molecule has 3 heterocycles. The molecule has 21 nitrogen and oxygen atoms in total. The normalized spacial score (nSPS) is 14.8. The average Bonchev–Trinajstić information content (AvgIpc) is 3.58. The van der Waals surface area contributed by atoms with Gasteiger partial charge in [-0.25, -0.2) is 18.0 Å². The van der Waals surface area contributed by atoms with E-state index in [2.05, 4.69) is 36.9 Å². The van der Waals surface area contributed by atoms with E-state index >= 15 is 0 Å². The third kappa shape index (κ3) is 11.8. The number of sulfonamides is 1. The molecule has 68 heavy (non-hydrogen) atoms. The van der Waals surface area contributed by atoms with Crippen LogP contribution in [0.1, 0.15) is 57.7 Å². The van der Waals surface area contributed by atoms with Crippen molar-refractivity contribution in [3.05, 3.63) is 107 Å². The summed E-state index contributed by atoms with van der Waals surface area (Å²) in [6, 6.07) is 18.4. The number of carboxylic acid groups (broad SMARTS) is 1. The van der Waals surface area contributed by atoms with E-state index in [4.69, 9.17) is 31.2 Å². The standard InChI is InChI=1S/C45H50N8O13S2/c1-44(2,24-51-42(67)52-27-6-11-32-31(20-27)40(59)66-45(32)33-12-7-28(54)21-36(33)65-37-22-29(55)8-13-34(37)45)25-64-43(60)49-17-19-68(61,62)53-35(39(57)58)23-50-38(56)26-4-9-30(10-5-26)63-18-16-48-41-46-14-3-15-47-41/h4-13,20-22,35,53-55H,3,14-19,23-25H2,1-2H3,(H,49,60)(H,50,56)(H,57,58)(H2,46,47,48)(H2,51,52,67)/t35-/m1/s1. The predicted octanol–water partition coefficient (Wildman–Crippen LogP) is 2.82. The number of benzene rings is 4. The Hall–Kier alpha value is -7.37. The first kappa shape index (κ1) is 48.6. The van der Waals surface area contributed by atoms with Gasteiger partial charge in [-0.05, 0) is 79.3 Å². The zero-order chi connectivity index (χ0) is 48.6. The van der Waals surface area contributed by atoms with Crippen LogP contribution in [-0.4, -0.2) is 123 Å². The van der Waals surface area contributed by atoms with Gasteiger partial charge >= 0.3 is 18.0 Å². The highest BCUT2D eigenvalue weighted by atomic mass is 32.2. The zero-order valence-electron chi connectivity index (χ0n) is 36.8. The fourth-order valence-electron chi connectivity index (χ4n) is 7.37. The number of carboxylic acids is 1. The number of phenols is 2. The maximum absolute atomic E-state index is 13.5. The summed E-state index contributed by atoms with van der Waals surface area (Å²) in [7, 11) is -4.25. The van der Waals surface area contributed by atoms with Crippen molar-refractivity contribution in [1.29, 1.82) is 0 Å². The summed E-state index contributed by atoms with van der Waals surface area (Å²) in [6.07, 6.45) is 0.0651. The maximum Gasteiger partial charge on any atom is 0.407 e. The van der Waals surface area contributed by atoms with Crippen LogP contribution in [0.4, 0.5) is 10.5 Å². The number of carbonyl (C=O) groups is 4. The van der Waals surface area contributed by atoms with Crippen LogP contribution in [0.2, 0.25) is 0 Å². The lowest BCUT2D eigenvalue weighted by Gasteiger charge is -2.36. The molecule has 0 unspecified atom stereocenters. The molecular weight excluding hydrogens is 925 g/mol. The number of aliphatic carboxylic acids is 1. The van der Waals surface area contributed by atoms with Crippen molar-refractivity contribution >= 4 is 62.9 Å². The second-order valence-electron chi connectivity index (χ2n) is 16.6. The summed E-state index contributed by atoms with van der Waals surface area (Å²) in [5.41, 5.74) is 0.282. The number of alkyl carbamates (subject to hydrolysis) is 1. The Morgan fingerprint density at radius 1 is 0.926 bits per heavy atom. The predicted molar refractivity (Wildman–Crippen MR) is 251 cm³/mol. The second-order valence-corrected chi connectivity index (χ2v) is 18.9. The third-order valence-electron chi connectivity index (χ3n) is 10.8. The number of aliphatic imine (C=N–C) groups is 1. The summed E-state index contributed by atoms with van der Waals surface area (Å²) < 4.78 is 50.6. The van der Waals surface area contributed by atoms with Gasteiger partial charge in [0.25, 0.3) is 5.91 Å². The number of nitrogens with zero attached hydrogens (tertiary/aromatic N) is 1. The molecule has 1 atom stereocenters. The van der Waals surface area contributed by atoms with Crippen LogP contribution in [0.5, 0.6) is 28.7 Å². The van der Waals surface area contributed by atoms with E-state index in [0.29, 0.717) is 41.3 Å². The Balaban J connectivity index is 0.824. The van der Waals surface area contributed by atoms with E-state index in [-0.39, 0.29) is 52.4 Å². The van der Waals surface area contributed by atoms with Crippen LogP contribution in [0.25, 0.3) is 0 Å². The number of carbonyl (C=O) groups excluding carboxylic acids is 3. The number of phenolic OH excluding ortho intramolecular Hbond substituents is 2. The number of fused-ring (bicyclic) bond motifs is 6. The monoisotopic (exact) mass is 974 g/mol. The second kappa shape index (κ2) is 20.7. The Morgan fingerprint density at radius 3 is 2.28 bits per heavy atom. The number of hydrogen-bond acceptors (Lipinski definition) is 16. The molecule has 0 saturated heterocycles.